The highest BCUT2D eigenvalue weighted by molar-refractivity contribution is 6.30. The van der Waals surface area contributed by atoms with E-state index < -0.39 is 18.0 Å². The maximum absolute atomic E-state index is 13.5. The van der Waals surface area contributed by atoms with Crippen molar-refractivity contribution in [2.45, 2.75) is 45.1 Å². The van der Waals surface area contributed by atoms with E-state index in [4.69, 9.17) is 11.6 Å². The lowest BCUT2D eigenvalue weighted by Crippen LogP contribution is -2.17. The number of nitrogens with one attached hydrogen (secondary N) is 1. The number of alkyl halides is 2. The second-order valence-corrected chi connectivity index (χ2v) is 7.61. The van der Waals surface area contributed by atoms with Crippen molar-refractivity contribution >= 4 is 28.8 Å². The largest absolute Gasteiger partial charge is 0.319 e. The minimum atomic E-state index is -2.79. The van der Waals surface area contributed by atoms with Crippen molar-refractivity contribution in [1.82, 2.24) is 24.4 Å². The highest BCUT2D eigenvalue weighted by Gasteiger charge is 2.26. The van der Waals surface area contributed by atoms with Crippen molar-refractivity contribution in [3.8, 4) is 0 Å². The predicted octanol–water partition coefficient (Wildman–Crippen LogP) is 4.52. The van der Waals surface area contributed by atoms with Crippen LogP contribution in [-0.2, 0) is 0 Å². The molecule has 28 heavy (non-hydrogen) atoms. The average Bonchev–Trinajstić information content (AvgIpc) is 3.26. The van der Waals surface area contributed by atoms with Gasteiger partial charge in [0.15, 0.2) is 11.3 Å². The number of rotatable bonds is 4. The van der Waals surface area contributed by atoms with Gasteiger partial charge in [0.05, 0.1) is 29.1 Å². The van der Waals surface area contributed by atoms with E-state index in [0.717, 1.165) is 25.7 Å². The first-order valence-electron chi connectivity index (χ1n) is 9.10. The van der Waals surface area contributed by atoms with Crippen LogP contribution in [-0.4, -0.2) is 30.3 Å². The molecule has 0 spiro atoms. The Hall–Kier alpha value is -2.55. The average molecular weight is 409 g/mol. The Morgan fingerprint density at radius 1 is 1.25 bits per heavy atom. The number of hydrogen-bond acceptors (Lipinski definition) is 4. The zero-order valence-corrected chi connectivity index (χ0v) is 15.9. The van der Waals surface area contributed by atoms with Crippen LogP contribution in [0, 0.1) is 5.92 Å². The molecule has 0 bridgehead atoms. The quantitative estimate of drug-likeness (QED) is 0.688. The molecule has 1 aliphatic rings. The molecule has 1 aliphatic carbocycles. The molecule has 0 radical (unpaired) electrons. The zero-order chi connectivity index (χ0) is 19.8. The summed E-state index contributed by atoms with van der Waals surface area (Å²) in [6.07, 6.45) is 6.77. The summed E-state index contributed by atoms with van der Waals surface area (Å²) in [6, 6.07) is 0.0696. The van der Waals surface area contributed by atoms with Crippen LogP contribution in [0.5, 0.6) is 0 Å². The van der Waals surface area contributed by atoms with E-state index in [2.05, 4.69) is 27.4 Å². The monoisotopic (exact) mass is 408 g/mol. The van der Waals surface area contributed by atoms with Crippen LogP contribution in [0.4, 0.5) is 14.5 Å². The summed E-state index contributed by atoms with van der Waals surface area (Å²) in [5, 5.41) is 11.0. The van der Waals surface area contributed by atoms with Crippen LogP contribution >= 0.6 is 11.6 Å². The second kappa shape index (κ2) is 7.46. The van der Waals surface area contributed by atoms with Gasteiger partial charge in [-0.2, -0.15) is 10.2 Å². The summed E-state index contributed by atoms with van der Waals surface area (Å²) in [5.74, 6) is 0.0562. The van der Waals surface area contributed by atoms with Gasteiger partial charge in [-0.1, -0.05) is 18.5 Å². The number of halogens is 3. The molecule has 0 aromatic carbocycles. The van der Waals surface area contributed by atoms with Gasteiger partial charge in [0.25, 0.3) is 12.3 Å². The van der Waals surface area contributed by atoms with Gasteiger partial charge in [0.1, 0.15) is 5.56 Å². The molecule has 1 fully saturated rings. The molecule has 0 unspecified atom stereocenters. The number of fused-ring (bicyclic) bond motifs is 1. The number of carbonyl (C=O) groups is 1. The summed E-state index contributed by atoms with van der Waals surface area (Å²) in [4.78, 5) is 16.7. The van der Waals surface area contributed by atoms with Crippen LogP contribution in [0.2, 0.25) is 5.02 Å². The lowest BCUT2D eigenvalue weighted by Gasteiger charge is -2.26. The van der Waals surface area contributed by atoms with E-state index in [1.165, 1.54) is 29.3 Å². The molecule has 1 N–H and O–H groups in total. The zero-order valence-electron chi connectivity index (χ0n) is 15.1. The number of aromatic nitrogens is 5. The van der Waals surface area contributed by atoms with E-state index in [9.17, 15) is 13.6 Å². The van der Waals surface area contributed by atoms with E-state index in [0.29, 0.717) is 10.9 Å². The van der Waals surface area contributed by atoms with Gasteiger partial charge >= 0.3 is 0 Å². The summed E-state index contributed by atoms with van der Waals surface area (Å²) in [5.41, 5.74) is 0.0247. The van der Waals surface area contributed by atoms with E-state index in [-0.39, 0.29) is 22.9 Å². The molecule has 7 nitrogen and oxygen atoms in total. The highest BCUT2D eigenvalue weighted by atomic mass is 35.5. The highest BCUT2D eigenvalue weighted by Crippen LogP contribution is 2.34. The number of nitrogens with zero attached hydrogens (tertiary/aromatic N) is 5. The molecule has 10 heteroatoms. The molecule has 1 amide bonds. The second-order valence-electron chi connectivity index (χ2n) is 7.18. The molecule has 148 valence electrons. The van der Waals surface area contributed by atoms with Gasteiger partial charge in [-0.3, -0.25) is 9.48 Å². The van der Waals surface area contributed by atoms with Crippen LogP contribution in [0.25, 0.3) is 5.65 Å². The van der Waals surface area contributed by atoms with Gasteiger partial charge in [0, 0.05) is 12.4 Å². The Bertz CT molecular complexity index is 1010. The van der Waals surface area contributed by atoms with Crippen LogP contribution in [0.1, 0.15) is 61.1 Å². The number of amides is 1. The Morgan fingerprint density at radius 2 is 2.00 bits per heavy atom. The molecule has 0 atom stereocenters. The maximum atomic E-state index is 13.5. The van der Waals surface area contributed by atoms with Crippen molar-refractivity contribution in [2.24, 2.45) is 5.92 Å². The SMILES string of the molecule is CC1CCC(n2cc(NC(=O)c3cnn4cc(Cl)cnc34)c(C(F)F)n2)CC1. The van der Waals surface area contributed by atoms with E-state index >= 15 is 0 Å². The standard InChI is InChI=1S/C18H19ClF2N6O/c1-10-2-4-12(5-3-10)26-9-14(15(25-26)16(20)21)24-18(28)13-7-23-27-8-11(19)6-22-17(13)27/h6-10,12,16H,2-5H2,1H3,(H,24,28). The smallest absolute Gasteiger partial charge is 0.284 e. The first-order valence-corrected chi connectivity index (χ1v) is 9.47. The third-order valence-electron chi connectivity index (χ3n) is 5.14. The summed E-state index contributed by atoms with van der Waals surface area (Å²) in [6.45, 7) is 2.19. The number of hydrogen-bond donors (Lipinski definition) is 1. The Balaban J connectivity index is 1.60. The van der Waals surface area contributed by atoms with E-state index in [1.54, 1.807) is 4.68 Å². The summed E-state index contributed by atoms with van der Waals surface area (Å²) >= 11 is 5.86. The molecule has 3 heterocycles. The number of carbonyl (C=O) groups excluding carboxylic acids is 1. The maximum Gasteiger partial charge on any atom is 0.284 e. The van der Waals surface area contributed by atoms with Crippen LogP contribution < -0.4 is 5.32 Å². The van der Waals surface area contributed by atoms with Gasteiger partial charge in [-0.25, -0.2) is 18.3 Å². The van der Waals surface area contributed by atoms with Gasteiger partial charge in [0.2, 0.25) is 0 Å². The van der Waals surface area contributed by atoms with Crippen molar-refractivity contribution in [3.63, 3.8) is 0 Å². The van der Waals surface area contributed by atoms with Crippen LogP contribution in [0.15, 0.2) is 24.8 Å². The van der Waals surface area contributed by atoms with Crippen molar-refractivity contribution < 1.29 is 13.6 Å². The minimum absolute atomic E-state index is 0.00642. The fourth-order valence-electron chi connectivity index (χ4n) is 3.56. The van der Waals surface area contributed by atoms with Gasteiger partial charge in [-0.05, 0) is 31.6 Å². The normalized spacial score (nSPS) is 20.0. The van der Waals surface area contributed by atoms with Gasteiger partial charge < -0.3 is 5.32 Å². The fourth-order valence-corrected chi connectivity index (χ4v) is 3.70. The van der Waals surface area contributed by atoms with Crippen molar-refractivity contribution in [2.75, 3.05) is 5.32 Å². The van der Waals surface area contributed by atoms with Crippen molar-refractivity contribution in [3.05, 3.63) is 41.1 Å². The Morgan fingerprint density at radius 3 is 2.71 bits per heavy atom. The Kier molecular flexibility index (Phi) is 5.01. The molecular weight excluding hydrogens is 390 g/mol. The van der Waals surface area contributed by atoms with Crippen LogP contribution in [0.3, 0.4) is 0 Å². The van der Waals surface area contributed by atoms with Gasteiger partial charge in [-0.15, -0.1) is 0 Å². The predicted molar refractivity (Wildman–Crippen MR) is 99.8 cm³/mol. The molecule has 3 aromatic heterocycles. The molecule has 0 aliphatic heterocycles. The third kappa shape index (κ3) is 3.58. The molecular formula is C18H19ClF2N6O. The lowest BCUT2D eigenvalue weighted by molar-refractivity contribution is 0.102. The number of anilines is 1. The van der Waals surface area contributed by atoms with Crippen molar-refractivity contribution in [1.29, 1.82) is 0 Å². The third-order valence-corrected chi connectivity index (χ3v) is 5.34. The topological polar surface area (TPSA) is 77.1 Å². The molecule has 3 aromatic rings. The Labute approximate surface area is 164 Å². The summed E-state index contributed by atoms with van der Waals surface area (Å²) in [7, 11) is 0. The first kappa shape index (κ1) is 18.8. The molecule has 0 saturated heterocycles. The minimum Gasteiger partial charge on any atom is -0.319 e. The first-order chi connectivity index (χ1) is 13.4. The molecule has 4 rings (SSSR count). The lowest BCUT2D eigenvalue weighted by atomic mass is 9.87. The molecule has 1 saturated carbocycles. The summed E-state index contributed by atoms with van der Waals surface area (Å²) < 4.78 is 29.9. The van der Waals surface area contributed by atoms with E-state index in [1.807, 2.05) is 0 Å². The fraction of sp³-hybridized carbons (Fsp3) is 0.444.